The van der Waals surface area contributed by atoms with Gasteiger partial charge >= 0.3 is 0 Å². The standard InChI is InChI=1S/C25H29N5O3/c1-3-31-15-24-26-27-25(30(24)19-7-9-22-23(12-19)33-16-32-22)28-13-20(14-28)29-10-4-5-18-11-17(2)6-8-21(18)29/h6-9,11-12,20H,3-5,10,13-16H2,1-2H3. The van der Waals surface area contributed by atoms with Crippen molar-refractivity contribution in [1.82, 2.24) is 14.8 Å². The Hall–Kier alpha value is -3.26. The van der Waals surface area contributed by atoms with Crippen LogP contribution in [-0.2, 0) is 17.8 Å². The molecule has 3 aromatic rings. The van der Waals surface area contributed by atoms with Gasteiger partial charge in [-0.2, -0.15) is 0 Å². The van der Waals surface area contributed by atoms with Crippen LogP contribution in [0.3, 0.4) is 0 Å². The lowest BCUT2D eigenvalue weighted by atomic mass is 9.96. The summed E-state index contributed by atoms with van der Waals surface area (Å²) in [5.74, 6) is 3.15. The molecule has 0 amide bonds. The Morgan fingerprint density at radius 1 is 1.06 bits per heavy atom. The average Bonchev–Trinajstić information content (AvgIpc) is 3.43. The maximum Gasteiger partial charge on any atom is 0.232 e. The van der Waals surface area contributed by atoms with Crippen LogP contribution in [0.4, 0.5) is 11.6 Å². The van der Waals surface area contributed by atoms with Gasteiger partial charge in [0.2, 0.25) is 12.7 Å². The van der Waals surface area contributed by atoms with Crippen molar-refractivity contribution in [2.45, 2.75) is 39.3 Å². The van der Waals surface area contributed by atoms with E-state index in [4.69, 9.17) is 14.2 Å². The highest BCUT2D eigenvalue weighted by Crippen LogP contribution is 2.37. The molecule has 2 aromatic carbocycles. The van der Waals surface area contributed by atoms with Gasteiger partial charge in [0.15, 0.2) is 17.3 Å². The fraction of sp³-hybridized carbons (Fsp3) is 0.440. The first-order valence-electron chi connectivity index (χ1n) is 11.7. The van der Waals surface area contributed by atoms with Crippen LogP contribution in [0.2, 0.25) is 0 Å². The second-order valence-corrected chi connectivity index (χ2v) is 8.91. The van der Waals surface area contributed by atoms with E-state index >= 15 is 0 Å². The minimum Gasteiger partial charge on any atom is -0.454 e. The number of anilines is 2. The van der Waals surface area contributed by atoms with E-state index in [1.54, 1.807) is 0 Å². The highest BCUT2D eigenvalue weighted by molar-refractivity contribution is 5.60. The van der Waals surface area contributed by atoms with Crippen molar-refractivity contribution in [3.63, 3.8) is 0 Å². The van der Waals surface area contributed by atoms with E-state index in [1.165, 1.54) is 29.7 Å². The monoisotopic (exact) mass is 447 g/mol. The van der Waals surface area contributed by atoms with E-state index < -0.39 is 0 Å². The van der Waals surface area contributed by atoms with Crippen LogP contribution >= 0.6 is 0 Å². The fourth-order valence-electron chi connectivity index (χ4n) is 5.04. The molecule has 0 bridgehead atoms. The molecule has 0 N–H and O–H groups in total. The van der Waals surface area contributed by atoms with E-state index in [1.807, 2.05) is 25.1 Å². The zero-order chi connectivity index (χ0) is 22.4. The largest absolute Gasteiger partial charge is 0.454 e. The molecular weight excluding hydrogens is 418 g/mol. The van der Waals surface area contributed by atoms with Crippen LogP contribution in [0.5, 0.6) is 11.5 Å². The third-order valence-corrected chi connectivity index (χ3v) is 6.74. The lowest BCUT2D eigenvalue weighted by Gasteiger charge is -2.48. The number of nitrogens with zero attached hydrogens (tertiary/aromatic N) is 5. The van der Waals surface area contributed by atoms with Crippen molar-refractivity contribution >= 4 is 11.6 Å². The Morgan fingerprint density at radius 2 is 1.94 bits per heavy atom. The quantitative estimate of drug-likeness (QED) is 0.573. The number of hydrogen-bond donors (Lipinski definition) is 0. The molecule has 8 nitrogen and oxygen atoms in total. The first-order chi connectivity index (χ1) is 16.2. The van der Waals surface area contributed by atoms with Crippen LogP contribution in [0, 0.1) is 6.92 Å². The third kappa shape index (κ3) is 3.58. The summed E-state index contributed by atoms with van der Waals surface area (Å²) in [6.45, 7) is 8.41. The van der Waals surface area contributed by atoms with Crippen LogP contribution in [0.1, 0.15) is 30.3 Å². The molecule has 3 aliphatic rings. The minimum absolute atomic E-state index is 0.254. The van der Waals surface area contributed by atoms with Crippen molar-refractivity contribution in [2.75, 3.05) is 42.8 Å². The summed E-state index contributed by atoms with van der Waals surface area (Å²) < 4.78 is 18.9. The molecule has 8 heteroatoms. The molecular formula is C25H29N5O3. The molecule has 3 aliphatic heterocycles. The Labute approximate surface area is 193 Å². The first-order valence-corrected chi connectivity index (χ1v) is 11.7. The van der Waals surface area contributed by atoms with Gasteiger partial charge in [-0.1, -0.05) is 17.7 Å². The van der Waals surface area contributed by atoms with Gasteiger partial charge < -0.3 is 24.0 Å². The molecule has 0 aliphatic carbocycles. The number of hydrogen-bond acceptors (Lipinski definition) is 7. The molecule has 0 unspecified atom stereocenters. The molecule has 172 valence electrons. The minimum atomic E-state index is 0.254. The average molecular weight is 448 g/mol. The molecule has 0 radical (unpaired) electrons. The van der Waals surface area contributed by atoms with Gasteiger partial charge in [-0.15, -0.1) is 10.2 Å². The van der Waals surface area contributed by atoms with Gasteiger partial charge in [0.25, 0.3) is 0 Å². The predicted octanol–water partition coefficient (Wildman–Crippen LogP) is 3.48. The second-order valence-electron chi connectivity index (χ2n) is 8.91. The SMILES string of the molecule is CCOCc1nnc(N2CC(N3CCCc4cc(C)ccc43)C2)n1-c1ccc2c(c1)OCO2. The maximum atomic E-state index is 5.68. The first kappa shape index (κ1) is 20.4. The van der Waals surface area contributed by atoms with Crippen molar-refractivity contribution in [2.24, 2.45) is 0 Å². The Balaban J connectivity index is 1.27. The van der Waals surface area contributed by atoms with Crippen molar-refractivity contribution < 1.29 is 14.2 Å². The van der Waals surface area contributed by atoms with Gasteiger partial charge in [-0.3, -0.25) is 4.57 Å². The fourth-order valence-corrected chi connectivity index (χ4v) is 5.04. The summed E-state index contributed by atoms with van der Waals surface area (Å²) >= 11 is 0. The van der Waals surface area contributed by atoms with E-state index in [9.17, 15) is 0 Å². The molecule has 1 aromatic heterocycles. The molecule has 33 heavy (non-hydrogen) atoms. The molecule has 0 atom stereocenters. The molecule has 0 saturated carbocycles. The highest BCUT2D eigenvalue weighted by Gasteiger charge is 2.37. The molecule has 4 heterocycles. The predicted molar refractivity (Wildman–Crippen MR) is 126 cm³/mol. The number of benzene rings is 2. The van der Waals surface area contributed by atoms with Crippen LogP contribution in [0.25, 0.3) is 5.69 Å². The van der Waals surface area contributed by atoms with E-state index in [-0.39, 0.29) is 6.79 Å². The lowest BCUT2D eigenvalue weighted by Crippen LogP contribution is -2.61. The van der Waals surface area contributed by atoms with Crippen molar-refractivity contribution in [3.8, 4) is 17.2 Å². The molecule has 6 rings (SSSR count). The van der Waals surface area contributed by atoms with E-state index in [0.29, 0.717) is 19.3 Å². The summed E-state index contributed by atoms with van der Waals surface area (Å²) in [4.78, 5) is 4.89. The molecule has 0 spiro atoms. The van der Waals surface area contributed by atoms with Crippen molar-refractivity contribution in [1.29, 1.82) is 0 Å². The highest BCUT2D eigenvalue weighted by atomic mass is 16.7. The number of fused-ring (bicyclic) bond motifs is 2. The Morgan fingerprint density at radius 3 is 2.82 bits per heavy atom. The Kier molecular flexibility index (Phi) is 5.10. The number of ether oxygens (including phenoxy) is 3. The van der Waals surface area contributed by atoms with Gasteiger partial charge in [-0.05, 0) is 50.5 Å². The molecule has 1 saturated heterocycles. The summed E-state index contributed by atoms with van der Waals surface area (Å²) in [6, 6.07) is 13.3. The topological polar surface area (TPSA) is 64.9 Å². The number of rotatable bonds is 6. The lowest BCUT2D eigenvalue weighted by molar-refractivity contribution is 0.127. The van der Waals surface area contributed by atoms with Crippen LogP contribution < -0.4 is 19.3 Å². The zero-order valence-electron chi connectivity index (χ0n) is 19.2. The smallest absolute Gasteiger partial charge is 0.232 e. The number of aryl methyl sites for hydroxylation is 2. The van der Waals surface area contributed by atoms with Crippen LogP contribution in [-0.4, -0.2) is 53.8 Å². The zero-order valence-corrected chi connectivity index (χ0v) is 19.2. The third-order valence-electron chi connectivity index (χ3n) is 6.74. The van der Waals surface area contributed by atoms with Gasteiger partial charge in [0.05, 0.1) is 11.7 Å². The summed E-state index contributed by atoms with van der Waals surface area (Å²) in [5, 5.41) is 9.04. The van der Waals surface area contributed by atoms with E-state index in [2.05, 4.69) is 49.7 Å². The van der Waals surface area contributed by atoms with Crippen LogP contribution in [0.15, 0.2) is 36.4 Å². The maximum absolute atomic E-state index is 5.68. The summed E-state index contributed by atoms with van der Waals surface area (Å²) in [5.41, 5.74) is 5.16. The van der Waals surface area contributed by atoms with Gasteiger partial charge in [-0.25, -0.2) is 0 Å². The summed E-state index contributed by atoms with van der Waals surface area (Å²) in [6.07, 6.45) is 2.38. The van der Waals surface area contributed by atoms with E-state index in [0.717, 1.165) is 48.6 Å². The second kappa shape index (κ2) is 8.26. The normalized spacial score (nSPS) is 17.3. The number of aromatic nitrogens is 3. The molecule has 1 fully saturated rings. The van der Waals surface area contributed by atoms with Crippen molar-refractivity contribution in [3.05, 3.63) is 53.3 Å². The van der Waals surface area contributed by atoms with Gasteiger partial charge in [0.1, 0.15) is 6.61 Å². The summed E-state index contributed by atoms with van der Waals surface area (Å²) in [7, 11) is 0. The Bertz CT molecular complexity index is 1170. The van der Waals surface area contributed by atoms with Gasteiger partial charge in [0, 0.05) is 38.0 Å².